The third-order valence-electron chi connectivity index (χ3n) is 2.20. The Morgan fingerprint density at radius 2 is 2.40 bits per heavy atom. The van der Waals surface area contributed by atoms with Crippen LogP contribution in [0.3, 0.4) is 0 Å². The number of nitrogens with zero attached hydrogens (tertiary/aromatic N) is 2. The van der Waals surface area contributed by atoms with E-state index in [2.05, 4.69) is 33.2 Å². The minimum absolute atomic E-state index is 0.0317. The molecule has 0 aromatic carbocycles. The summed E-state index contributed by atoms with van der Waals surface area (Å²) >= 11 is 5.17. The minimum Gasteiger partial charge on any atom is -0.324 e. The van der Waals surface area contributed by atoms with Crippen molar-refractivity contribution in [3.63, 3.8) is 0 Å². The predicted molar refractivity (Wildman–Crippen MR) is 65.9 cm³/mol. The van der Waals surface area contributed by atoms with E-state index in [9.17, 15) is 0 Å². The van der Waals surface area contributed by atoms with Crippen LogP contribution in [0.2, 0.25) is 0 Å². The Hall–Kier alpha value is -0.650. The topological polar surface area (TPSA) is 43.8 Å². The third-order valence-corrected chi connectivity index (χ3v) is 3.85. The fraction of sp³-hybridized carbons (Fsp3) is 0.300. The first kappa shape index (κ1) is 10.9. The van der Waals surface area contributed by atoms with Crippen molar-refractivity contribution in [1.82, 2.24) is 9.78 Å². The molecule has 0 amide bonds. The second kappa shape index (κ2) is 4.47. The Morgan fingerprint density at radius 3 is 2.93 bits per heavy atom. The smallest absolute Gasteiger partial charge is 0.0701 e. The normalized spacial score (nSPS) is 13.0. The summed E-state index contributed by atoms with van der Waals surface area (Å²) in [6.07, 6.45) is 4.66. The van der Waals surface area contributed by atoms with Gasteiger partial charge in [-0.25, -0.2) is 0 Å². The average molecular weight is 286 g/mol. The first-order valence-corrected chi connectivity index (χ1v) is 6.24. The van der Waals surface area contributed by atoms with Gasteiger partial charge in [0.05, 0.1) is 9.98 Å². The highest BCUT2D eigenvalue weighted by Gasteiger charge is 2.10. The summed E-state index contributed by atoms with van der Waals surface area (Å²) in [7, 11) is 1.90. The lowest BCUT2D eigenvalue weighted by Gasteiger charge is -2.06. The van der Waals surface area contributed by atoms with Crippen molar-refractivity contribution < 1.29 is 0 Å². The molecule has 2 N–H and O–H groups in total. The zero-order valence-electron chi connectivity index (χ0n) is 8.35. The molecular weight excluding hydrogens is 274 g/mol. The summed E-state index contributed by atoms with van der Waals surface area (Å²) in [5, 5.41) is 4.12. The Bertz CT molecular complexity index is 449. The van der Waals surface area contributed by atoms with Crippen molar-refractivity contribution in [1.29, 1.82) is 0 Å². The van der Waals surface area contributed by atoms with Gasteiger partial charge in [0.2, 0.25) is 0 Å². The van der Waals surface area contributed by atoms with Crippen molar-refractivity contribution in [2.24, 2.45) is 12.8 Å². The van der Waals surface area contributed by atoms with Crippen LogP contribution in [0.5, 0.6) is 0 Å². The molecule has 0 bridgehead atoms. The van der Waals surface area contributed by atoms with Crippen LogP contribution in [0.15, 0.2) is 28.3 Å². The van der Waals surface area contributed by atoms with Gasteiger partial charge in [0.25, 0.3) is 0 Å². The largest absolute Gasteiger partial charge is 0.324 e. The molecule has 0 spiro atoms. The van der Waals surface area contributed by atoms with E-state index in [1.807, 2.05) is 19.4 Å². The lowest BCUT2D eigenvalue weighted by molar-refractivity contribution is 0.724. The van der Waals surface area contributed by atoms with E-state index in [-0.39, 0.29) is 6.04 Å². The second-order valence-electron chi connectivity index (χ2n) is 3.46. The summed E-state index contributed by atoms with van der Waals surface area (Å²) in [4.78, 5) is 1.29. The van der Waals surface area contributed by atoms with Gasteiger partial charge in [-0.1, -0.05) is 0 Å². The Labute approximate surface area is 101 Å². The van der Waals surface area contributed by atoms with E-state index in [0.29, 0.717) is 0 Å². The molecule has 15 heavy (non-hydrogen) atoms. The fourth-order valence-electron chi connectivity index (χ4n) is 1.43. The quantitative estimate of drug-likeness (QED) is 0.942. The number of halogens is 1. The fourth-order valence-corrected chi connectivity index (χ4v) is 2.97. The average Bonchev–Trinajstić information content (AvgIpc) is 2.75. The maximum atomic E-state index is 6.09. The monoisotopic (exact) mass is 285 g/mol. The molecule has 80 valence electrons. The van der Waals surface area contributed by atoms with Crippen LogP contribution in [-0.4, -0.2) is 9.78 Å². The molecule has 0 aliphatic carbocycles. The van der Waals surface area contributed by atoms with Crippen molar-refractivity contribution in [3.8, 4) is 0 Å². The first-order chi connectivity index (χ1) is 7.15. The highest BCUT2D eigenvalue weighted by Crippen LogP contribution is 2.25. The van der Waals surface area contributed by atoms with Gasteiger partial charge in [-0.05, 0) is 28.1 Å². The zero-order chi connectivity index (χ0) is 10.8. The molecule has 0 radical (unpaired) electrons. The molecule has 3 nitrogen and oxygen atoms in total. The standard InChI is InChI=1S/C10H12BrN3S/c1-14-6-7(5-13-14)9(12)4-8-2-3-10(11)15-8/h2-3,5-6,9H,4,12H2,1H3. The molecule has 0 saturated carbocycles. The SMILES string of the molecule is Cn1cc(C(N)Cc2ccc(Br)s2)cn1. The van der Waals surface area contributed by atoms with Gasteiger partial charge in [-0.2, -0.15) is 5.10 Å². The van der Waals surface area contributed by atoms with E-state index in [4.69, 9.17) is 5.73 Å². The van der Waals surface area contributed by atoms with E-state index in [0.717, 1.165) is 15.8 Å². The zero-order valence-corrected chi connectivity index (χ0v) is 10.8. The summed E-state index contributed by atoms with van der Waals surface area (Å²) in [6.45, 7) is 0. The first-order valence-electron chi connectivity index (χ1n) is 4.63. The summed E-state index contributed by atoms with van der Waals surface area (Å²) in [5.41, 5.74) is 7.17. The molecule has 1 unspecified atom stereocenters. The van der Waals surface area contributed by atoms with Crippen molar-refractivity contribution >= 4 is 27.3 Å². The van der Waals surface area contributed by atoms with E-state index in [1.54, 1.807) is 16.0 Å². The van der Waals surface area contributed by atoms with Crippen LogP contribution in [-0.2, 0) is 13.5 Å². The molecule has 0 fully saturated rings. The van der Waals surface area contributed by atoms with E-state index >= 15 is 0 Å². The minimum atomic E-state index is 0.0317. The van der Waals surface area contributed by atoms with Crippen molar-refractivity contribution in [3.05, 3.63) is 38.8 Å². The third kappa shape index (κ3) is 2.68. The lowest BCUT2D eigenvalue weighted by Crippen LogP contribution is -2.11. The van der Waals surface area contributed by atoms with Gasteiger partial charge in [-0.3, -0.25) is 4.68 Å². The molecule has 2 aromatic rings. The van der Waals surface area contributed by atoms with Gasteiger partial charge in [-0.15, -0.1) is 11.3 Å². The van der Waals surface area contributed by atoms with Gasteiger partial charge >= 0.3 is 0 Å². The van der Waals surface area contributed by atoms with E-state index in [1.165, 1.54) is 4.88 Å². The van der Waals surface area contributed by atoms with Crippen LogP contribution in [0.4, 0.5) is 0 Å². The Balaban J connectivity index is 2.06. The molecular formula is C10H12BrN3S. The molecule has 0 aliphatic rings. The van der Waals surface area contributed by atoms with Crippen LogP contribution in [0, 0.1) is 0 Å². The maximum absolute atomic E-state index is 6.09. The number of aryl methyl sites for hydroxylation is 1. The number of nitrogens with two attached hydrogens (primary N) is 1. The summed E-state index contributed by atoms with van der Waals surface area (Å²) in [6, 6.07) is 4.19. The van der Waals surface area contributed by atoms with Crippen molar-refractivity contribution in [2.45, 2.75) is 12.5 Å². The Morgan fingerprint density at radius 1 is 1.60 bits per heavy atom. The number of thiophene rings is 1. The number of hydrogen-bond acceptors (Lipinski definition) is 3. The highest BCUT2D eigenvalue weighted by atomic mass is 79.9. The summed E-state index contributed by atoms with van der Waals surface area (Å²) < 4.78 is 2.93. The van der Waals surface area contributed by atoms with Crippen LogP contribution in [0.1, 0.15) is 16.5 Å². The highest BCUT2D eigenvalue weighted by molar-refractivity contribution is 9.11. The molecule has 0 saturated heterocycles. The maximum Gasteiger partial charge on any atom is 0.0701 e. The van der Waals surface area contributed by atoms with Crippen molar-refractivity contribution in [2.75, 3.05) is 0 Å². The molecule has 5 heteroatoms. The molecule has 1 atom stereocenters. The van der Waals surface area contributed by atoms with E-state index < -0.39 is 0 Å². The summed E-state index contributed by atoms with van der Waals surface area (Å²) in [5.74, 6) is 0. The van der Waals surface area contributed by atoms with Gasteiger partial charge in [0.15, 0.2) is 0 Å². The number of aromatic nitrogens is 2. The second-order valence-corrected chi connectivity index (χ2v) is 6.01. The molecule has 2 rings (SSSR count). The van der Waals surface area contributed by atoms with Gasteiger partial charge in [0, 0.05) is 36.1 Å². The van der Waals surface area contributed by atoms with Crippen LogP contribution in [0.25, 0.3) is 0 Å². The van der Waals surface area contributed by atoms with Crippen LogP contribution >= 0.6 is 27.3 Å². The number of hydrogen-bond donors (Lipinski definition) is 1. The van der Waals surface area contributed by atoms with Crippen LogP contribution < -0.4 is 5.73 Å². The lowest BCUT2D eigenvalue weighted by atomic mass is 10.1. The molecule has 0 aliphatic heterocycles. The number of rotatable bonds is 3. The Kier molecular flexibility index (Phi) is 3.23. The predicted octanol–water partition coefficient (Wildman–Crippen LogP) is 2.49. The molecule has 2 heterocycles. The van der Waals surface area contributed by atoms with Gasteiger partial charge in [0.1, 0.15) is 0 Å². The van der Waals surface area contributed by atoms with Gasteiger partial charge < -0.3 is 5.73 Å². The molecule has 2 aromatic heterocycles.